The molecule has 1 aliphatic heterocycles. The quantitative estimate of drug-likeness (QED) is 0.720. The molecule has 1 aliphatic rings. The van der Waals surface area contributed by atoms with Crippen molar-refractivity contribution < 1.29 is 0 Å². The van der Waals surface area contributed by atoms with Gasteiger partial charge < -0.3 is 5.32 Å². The molecular formula is C11H24N2. The Labute approximate surface area is 82.7 Å². The lowest BCUT2D eigenvalue weighted by atomic mass is 10.1. The summed E-state index contributed by atoms with van der Waals surface area (Å²) in [6, 6.07) is 1.44. The molecule has 0 radical (unpaired) electrons. The number of nitrogens with one attached hydrogen (secondary N) is 1. The molecular weight excluding hydrogens is 160 g/mol. The molecule has 0 amide bonds. The first kappa shape index (κ1) is 11.0. The molecule has 0 aromatic carbocycles. The summed E-state index contributed by atoms with van der Waals surface area (Å²) in [6.45, 7) is 10.6. The van der Waals surface area contributed by atoms with Crippen LogP contribution in [-0.2, 0) is 0 Å². The molecule has 1 heterocycles. The van der Waals surface area contributed by atoms with Crippen LogP contribution in [0.25, 0.3) is 0 Å². The van der Waals surface area contributed by atoms with E-state index in [1.807, 2.05) is 0 Å². The number of hydrogen-bond donors (Lipinski definition) is 1. The second-order valence-electron chi connectivity index (χ2n) is 4.34. The number of nitrogens with zero attached hydrogens (tertiary/aromatic N) is 1. The molecule has 0 saturated carbocycles. The van der Waals surface area contributed by atoms with Gasteiger partial charge in [-0.3, -0.25) is 4.90 Å². The third-order valence-electron chi connectivity index (χ3n) is 2.95. The minimum absolute atomic E-state index is 0.668. The maximum atomic E-state index is 3.53. The average molecular weight is 184 g/mol. The molecule has 1 fully saturated rings. The summed E-state index contributed by atoms with van der Waals surface area (Å²) in [6.07, 6.45) is 3.95. The Kier molecular flexibility index (Phi) is 4.74. The summed E-state index contributed by atoms with van der Waals surface area (Å²) in [5.41, 5.74) is 0. The van der Waals surface area contributed by atoms with Crippen molar-refractivity contribution in [2.24, 2.45) is 0 Å². The number of rotatable bonds is 3. The predicted molar refractivity (Wildman–Crippen MR) is 58.0 cm³/mol. The van der Waals surface area contributed by atoms with E-state index in [2.05, 4.69) is 31.0 Å². The summed E-state index contributed by atoms with van der Waals surface area (Å²) >= 11 is 0. The van der Waals surface area contributed by atoms with Crippen LogP contribution < -0.4 is 5.32 Å². The van der Waals surface area contributed by atoms with E-state index < -0.39 is 0 Å². The lowest BCUT2D eigenvalue weighted by molar-refractivity contribution is 0.198. The normalized spacial score (nSPS) is 28.4. The van der Waals surface area contributed by atoms with Gasteiger partial charge in [0.05, 0.1) is 0 Å². The topological polar surface area (TPSA) is 15.3 Å². The highest BCUT2D eigenvalue weighted by Gasteiger charge is 2.17. The van der Waals surface area contributed by atoms with E-state index in [0.29, 0.717) is 6.04 Å². The third-order valence-corrected chi connectivity index (χ3v) is 2.95. The maximum absolute atomic E-state index is 3.53. The fourth-order valence-electron chi connectivity index (χ4n) is 2.14. The van der Waals surface area contributed by atoms with Crippen LogP contribution in [0.1, 0.15) is 40.0 Å². The first-order chi connectivity index (χ1) is 6.24. The van der Waals surface area contributed by atoms with Gasteiger partial charge in [-0.05, 0) is 39.8 Å². The van der Waals surface area contributed by atoms with E-state index in [-0.39, 0.29) is 0 Å². The van der Waals surface area contributed by atoms with E-state index >= 15 is 0 Å². The van der Waals surface area contributed by atoms with E-state index in [4.69, 9.17) is 0 Å². The summed E-state index contributed by atoms with van der Waals surface area (Å²) < 4.78 is 0. The maximum Gasteiger partial charge on any atom is 0.0166 e. The van der Waals surface area contributed by atoms with Crippen LogP contribution in [0.15, 0.2) is 0 Å². The van der Waals surface area contributed by atoms with Gasteiger partial charge in [-0.15, -0.1) is 0 Å². The summed E-state index contributed by atoms with van der Waals surface area (Å²) in [5.74, 6) is 0. The van der Waals surface area contributed by atoms with Crippen molar-refractivity contribution >= 4 is 0 Å². The van der Waals surface area contributed by atoms with E-state index in [9.17, 15) is 0 Å². The first-order valence-electron chi connectivity index (χ1n) is 5.71. The molecule has 0 spiro atoms. The minimum atomic E-state index is 0.668. The molecule has 0 aromatic heterocycles. The van der Waals surface area contributed by atoms with Gasteiger partial charge >= 0.3 is 0 Å². The van der Waals surface area contributed by atoms with E-state index in [1.54, 1.807) is 0 Å². The predicted octanol–water partition coefficient (Wildman–Crippen LogP) is 1.86. The van der Waals surface area contributed by atoms with Crippen LogP contribution in [-0.4, -0.2) is 36.6 Å². The number of hydrogen-bond acceptors (Lipinski definition) is 2. The third kappa shape index (κ3) is 3.65. The van der Waals surface area contributed by atoms with Gasteiger partial charge in [0.25, 0.3) is 0 Å². The standard InChI is InChI=1S/C11H24N2/c1-4-6-11(3)13-8-5-7-12-10(2)9-13/h10-12H,4-9H2,1-3H3. The SMILES string of the molecule is CCCC(C)N1CCCNC(C)C1. The highest BCUT2D eigenvalue weighted by molar-refractivity contribution is 4.76. The Morgan fingerprint density at radius 1 is 1.54 bits per heavy atom. The monoisotopic (exact) mass is 184 g/mol. The van der Waals surface area contributed by atoms with Crippen molar-refractivity contribution in [3.8, 4) is 0 Å². The van der Waals surface area contributed by atoms with Crippen molar-refractivity contribution in [3.05, 3.63) is 0 Å². The highest BCUT2D eigenvalue weighted by atomic mass is 15.2. The molecule has 2 nitrogen and oxygen atoms in total. The Balaban J connectivity index is 2.37. The highest BCUT2D eigenvalue weighted by Crippen LogP contribution is 2.09. The fraction of sp³-hybridized carbons (Fsp3) is 1.00. The zero-order chi connectivity index (χ0) is 9.68. The largest absolute Gasteiger partial charge is 0.313 e. The van der Waals surface area contributed by atoms with Crippen molar-refractivity contribution in [2.45, 2.75) is 52.1 Å². The average Bonchev–Trinajstić information content (AvgIpc) is 2.30. The summed E-state index contributed by atoms with van der Waals surface area (Å²) in [7, 11) is 0. The van der Waals surface area contributed by atoms with Gasteiger partial charge in [0.1, 0.15) is 0 Å². The molecule has 1 rings (SSSR count). The molecule has 78 valence electrons. The zero-order valence-electron chi connectivity index (χ0n) is 9.34. The molecule has 2 unspecified atom stereocenters. The summed E-state index contributed by atoms with van der Waals surface area (Å²) in [5, 5.41) is 3.53. The second kappa shape index (κ2) is 5.61. The van der Waals surface area contributed by atoms with Gasteiger partial charge in [0, 0.05) is 18.6 Å². The van der Waals surface area contributed by atoms with Crippen LogP contribution in [0.3, 0.4) is 0 Å². The zero-order valence-corrected chi connectivity index (χ0v) is 9.34. The van der Waals surface area contributed by atoms with Crippen LogP contribution in [0.2, 0.25) is 0 Å². The Bertz CT molecular complexity index is 136. The first-order valence-corrected chi connectivity index (χ1v) is 5.71. The molecule has 1 saturated heterocycles. The van der Waals surface area contributed by atoms with Crippen molar-refractivity contribution in [1.29, 1.82) is 0 Å². The van der Waals surface area contributed by atoms with Crippen LogP contribution in [0, 0.1) is 0 Å². The molecule has 0 aliphatic carbocycles. The van der Waals surface area contributed by atoms with Crippen molar-refractivity contribution in [2.75, 3.05) is 19.6 Å². The lowest BCUT2D eigenvalue weighted by Crippen LogP contribution is -2.40. The molecule has 2 heteroatoms. The van der Waals surface area contributed by atoms with Crippen LogP contribution in [0.5, 0.6) is 0 Å². The molecule has 2 atom stereocenters. The van der Waals surface area contributed by atoms with Crippen molar-refractivity contribution in [1.82, 2.24) is 10.2 Å². The smallest absolute Gasteiger partial charge is 0.0166 e. The van der Waals surface area contributed by atoms with Gasteiger partial charge in [0.2, 0.25) is 0 Å². The Morgan fingerprint density at radius 3 is 3.00 bits per heavy atom. The van der Waals surface area contributed by atoms with Gasteiger partial charge in [0.15, 0.2) is 0 Å². The molecule has 1 N–H and O–H groups in total. The van der Waals surface area contributed by atoms with Gasteiger partial charge in [-0.2, -0.15) is 0 Å². The van der Waals surface area contributed by atoms with Crippen LogP contribution in [0.4, 0.5) is 0 Å². The van der Waals surface area contributed by atoms with Gasteiger partial charge in [-0.1, -0.05) is 13.3 Å². The Hall–Kier alpha value is -0.0800. The summed E-state index contributed by atoms with van der Waals surface area (Å²) in [4.78, 5) is 2.63. The Morgan fingerprint density at radius 2 is 2.31 bits per heavy atom. The second-order valence-corrected chi connectivity index (χ2v) is 4.34. The molecule has 0 aromatic rings. The fourth-order valence-corrected chi connectivity index (χ4v) is 2.14. The van der Waals surface area contributed by atoms with E-state index in [0.717, 1.165) is 6.04 Å². The lowest BCUT2D eigenvalue weighted by Gasteiger charge is -2.28. The minimum Gasteiger partial charge on any atom is -0.313 e. The van der Waals surface area contributed by atoms with E-state index in [1.165, 1.54) is 38.9 Å². The molecule has 13 heavy (non-hydrogen) atoms. The van der Waals surface area contributed by atoms with Gasteiger partial charge in [-0.25, -0.2) is 0 Å². The molecule has 0 bridgehead atoms. The van der Waals surface area contributed by atoms with Crippen LogP contribution >= 0.6 is 0 Å². The van der Waals surface area contributed by atoms with Crippen molar-refractivity contribution in [3.63, 3.8) is 0 Å².